The number of carbonyl (C=O) groups excluding carboxylic acids is 2. The van der Waals surface area contributed by atoms with Gasteiger partial charge in [0.05, 0.1) is 0 Å². The molecule has 0 saturated carbocycles. The topological polar surface area (TPSA) is 67.4 Å². The van der Waals surface area contributed by atoms with Crippen LogP contribution >= 0.6 is 0 Å². The molecule has 1 heterocycles. The SMILES string of the molecule is Cc1cccc(C)c1OCC(=O)N[C@@H]1CCCCNC1=O. The van der Waals surface area contributed by atoms with E-state index in [0.29, 0.717) is 13.0 Å². The van der Waals surface area contributed by atoms with Gasteiger partial charge in [-0.3, -0.25) is 9.59 Å². The van der Waals surface area contributed by atoms with Gasteiger partial charge in [-0.1, -0.05) is 18.2 Å². The number of benzene rings is 1. The molecule has 2 amide bonds. The third-order valence-corrected chi connectivity index (χ3v) is 3.63. The van der Waals surface area contributed by atoms with Crippen LogP contribution in [-0.4, -0.2) is 31.0 Å². The second kappa shape index (κ2) is 7.11. The minimum absolute atomic E-state index is 0.0739. The standard InChI is InChI=1S/C16H22N2O3/c1-11-6-5-7-12(2)15(11)21-10-14(19)18-13-8-3-4-9-17-16(13)20/h5-7,13H,3-4,8-10H2,1-2H3,(H,17,20)(H,18,19)/t13-/m1/s1. The third kappa shape index (κ3) is 4.21. The molecule has 0 radical (unpaired) electrons. The Bertz CT molecular complexity index is 508. The largest absolute Gasteiger partial charge is 0.483 e. The summed E-state index contributed by atoms with van der Waals surface area (Å²) in [5.74, 6) is 0.366. The highest BCUT2D eigenvalue weighted by molar-refractivity contribution is 5.88. The molecule has 0 aliphatic carbocycles. The molecule has 0 unspecified atom stereocenters. The molecular formula is C16H22N2O3. The van der Waals surface area contributed by atoms with E-state index in [0.717, 1.165) is 29.7 Å². The van der Waals surface area contributed by atoms with Crippen molar-refractivity contribution in [3.8, 4) is 5.75 Å². The fraction of sp³-hybridized carbons (Fsp3) is 0.500. The van der Waals surface area contributed by atoms with E-state index in [4.69, 9.17) is 4.74 Å². The molecule has 1 aliphatic heterocycles. The zero-order chi connectivity index (χ0) is 15.2. The smallest absolute Gasteiger partial charge is 0.258 e. The number of hydrogen-bond donors (Lipinski definition) is 2. The van der Waals surface area contributed by atoms with Crippen LogP contribution in [0.4, 0.5) is 0 Å². The lowest BCUT2D eigenvalue weighted by molar-refractivity contribution is -0.129. The molecule has 1 aromatic carbocycles. The summed E-state index contributed by atoms with van der Waals surface area (Å²) in [6.07, 6.45) is 2.57. The summed E-state index contributed by atoms with van der Waals surface area (Å²) in [6.45, 7) is 4.50. The van der Waals surface area contributed by atoms with Gasteiger partial charge in [0, 0.05) is 6.54 Å². The number of aryl methyl sites for hydroxylation is 2. The van der Waals surface area contributed by atoms with Crippen molar-refractivity contribution < 1.29 is 14.3 Å². The zero-order valence-corrected chi connectivity index (χ0v) is 12.6. The molecule has 114 valence electrons. The molecule has 0 bridgehead atoms. The first kappa shape index (κ1) is 15.4. The Hall–Kier alpha value is -2.04. The molecule has 1 fully saturated rings. The van der Waals surface area contributed by atoms with Crippen molar-refractivity contribution in [3.05, 3.63) is 29.3 Å². The fourth-order valence-corrected chi connectivity index (χ4v) is 2.48. The molecule has 5 heteroatoms. The first-order valence-electron chi connectivity index (χ1n) is 7.34. The number of rotatable bonds is 4. The summed E-state index contributed by atoms with van der Waals surface area (Å²) >= 11 is 0. The van der Waals surface area contributed by atoms with Crippen LogP contribution in [0.15, 0.2) is 18.2 Å². The van der Waals surface area contributed by atoms with Gasteiger partial charge in [0.25, 0.3) is 5.91 Å². The Labute approximate surface area is 125 Å². The van der Waals surface area contributed by atoms with Gasteiger partial charge in [0.2, 0.25) is 5.91 Å². The Morgan fingerprint density at radius 2 is 2.05 bits per heavy atom. The van der Waals surface area contributed by atoms with E-state index in [9.17, 15) is 9.59 Å². The number of hydrogen-bond acceptors (Lipinski definition) is 3. The van der Waals surface area contributed by atoms with Crippen LogP contribution < -0.4 is 15.4 Å². The molecule has 1 aromatic rings. The lowest BCUT2D eigenvalue weighted by atomic mass is 10.1. The minimum Gasteiger partial charge on any atom is -0.483 e. The maximum Gasteiger partial charge on any atom is 0.258 e. The van der Waals surface area contributed by atoms with Crippen LogP contribution in [0.1, 0.15) is 30.4 Å². The summed E-state index contributed by atoms with van der Waals surface area (Å²) in [5.41, 5.74) is 1.99. The fourth-order valence-electron chi connectivity index (χ4n) is 2.48. The number of carbonyl (C=O) groups is 2. The molecule has 2 N–H and O–H groups in total. The first-order valence-corrected chi connectivity index (χ1v) is 7.34. The molecule has 1 aliphatic rings. The summed E-state index contributed by atoms with van der Waals surface area (Å²) in [5, 5.41) is 5.54. The van der Waals surface area contributed by atoms with E-state index < -0.39 is 6.04 Å². The van der Waals surface area contributed by atoms with E-state index in [-0.39, 0.29) is 18.4 Å². The monoisotopic (exact) mass is 290 g/mol. The first-order chi connectivity index (χ1) is 10.1. The molecule has 0 spiro atoms. The lowest BCUT2D eigenvalue weighted by Crippen LogP contribution is -2.46. The van der Waals surface area contributed by atoms with Gasteiger partial charge < -0.3 is 15.4 Å². The lowest BCUT2D eigenvalue weighted by Gasteiger charge is -2.16. The van der Waals surface area contributed by atoms with Gasteiger partial charge in [0.1, 0.15) is 11.8 Å². The second-order valence-electron chi connectivity index (χ2n) is 5.42. The Kier molecular flexibility index (Phi) is 5.20. The summed E-state index contributed by atoms with van der Waals surface area (Å²) in [7, 11) is 0. The van der Waals surface area contributed by atoms with E-state index in [1.807, 2.05) is 32.0 Å². The van der Waals surface area contributed by atoms with Crippen molar-refractivity contribution in [2.24, 2.45) is 0 Å². The molecule has 21 heavy (non-hydrogen) atoms. The van der Waals surface area contributed by atoms with Gasteiger partial charge in [-0.15, -0.1) is 0 Å². The van der Waals surface area contributed by atoms with Gasteiger partial charge >= 0.3 is 0 Å². The van der Waals surface area contributed by atoms with Crippen molar-refractivity contribution in [3.63, 3.8) is 0 Å². The van der Waals surface area contributed by atoms with Crippen LogP contribution in [0.2, 0.25) is 0 Å². The van der Waals surface area contributed by atoms with Crippen LogP contribution in [0.3, 0.4) is 0 Å². The minimum atomic E-state index is -0.443. The summed E-state index contributed by atoms with van der Waals surface area (Å²) in [6, 6.07) is 5.40. The normalized spacial score (nSPS) is 18.6. The Balaban J connectivity index is 1.88. The van der Waals surface area contributed by atoms with Crippen LogP contribution in [-0.2, 0) is 9.59 Å². The number of ether oxygens (including phenoxy) is 1. The van der Waals surface area contributed by atoms with E-state index in [1.54, 1.807) is 0 Å². The highest BCUT2D eigenvalue weighted by Crippen LogP contribution is 2.22. The average molecular weight is 290 g/mol. The van der Waals surface area contributed by atoms with Crippen LogP contribution in [0.5, 0.6) is 5.75 Å². The van der Waals surface area contributed by atoms with Gasteiger partial charge in [-0.25, -0.2) is 0 Å². The van der Waals surface area contributed by atoms with Crippen molar-refractivity contribution in [2.75, 3.05) is 13.2 Å². The van der Waals surface area contributed by atoms with Gasteiger partial charge in [-0.2, -0.15) is 0 Å². The summed E-state index contributed by atoms with van der Waals surface area (Å²) in [4.78, 5) is 23.7. The number of nitrogens with one attached hydrogen (secondary N) is 2. The van der Waals surface area contributed by atoms with E-state index in [1.165, 1.54) is 0 Å². The molecule has 1 atom stereocenters. The third-order valence-electron chi connectivity index (χ3n) is 3.63. The van der Waals surface area contributed by atoms with E-state index in [2.05, 4.69) is 10.6 Å². The highest BCUT2D eigenvalue weighted by atomic mass is 16.5. The Morgan fingerprint density at radius 3 is 2.76 bits per heavy atom. The van der Waals surface area contributed by atoms with Gasteiger partial charge in [-0.05, 0) is 44.2 Å². The molecule has 0 aromatic heterocycles. The maximum atomic E-state index is 11.9. The Morgan fingerprint density at radius 1 is 1.33 bits per heavy atom. The van der Waals surface area contributed by atoms with Crippen LogP contribution in [0, 0.1) is 13.8 Å². The van der Waals surface area contributed by atoms with Crippen molar-refractivity contribution in [2.45, 2.75) is 39.2 Å². The quantitative estimate of drug-likeness (QED) is 0.882. The van der Waals surface area contributed by atoms with Gasteiger partial charge in [0.15, 0.2) is 6.61 Å². The molecular weight excluding hydrogens is 268 g/mol. The van der Waals surface area contributed by atoms with Crippen molar-refractivity contribution >= 4 is 11.8 Å². The highest BCUT2D eigenvalue weighted by Gasteiger charge is 2.22. The van der Waals surface area contributed by atoms with Crippen LogP contribution in [0.25, 0.3) is 0 Å². The zero-order valence-electron chi connectivity index (χ0n) is 12.6. The predicted octanol–water partition coefficient (Wildman–Crippen LogP) is 1.47. The molecule has 5 nitrogen and oxygen atoms in total. The number of amides is 2. The maximum absolute atomic E-state index is 11.9. The van der Waals surface area contributed by atoms with Crippen molar-refractivity contribution in [1.29, 1.82) is 0 Å². The summed E-state index contributed by atoms with van der Waals surface area (Å²) < 4.78 is 5.59. The predicted molar refractivity (Wildman–Crippen MR) is 80.2 cm³/mol. The molecule has 1 saturated heterocycles. The molecule has 2 rings (SSSR count). The van der Waals surface area contributed by atoms with Crippen molar-refractivity contribution in [1.82, 2.24) is 10.6 Å². The second-order valence-corrected chi connectivity index (χ2v) is 5.42. The average Bonchev–Trinajstić information content (AvgIpc) is 2.64. The van der Waals surface area contributed by atoms with E-state index >= 15 is 0 Å². The number of para-hydroxylation sites is 1.